The van der Waals surface area contributed by atoms with Crippen LogP contribution in [0.5, 0.6) is 0 Å². The van der Waals surface area contributed by atoms with Crippen LogP contribution in [0.3, 0.4) is 0 Å². The number of rotatable bonds is 7. The average molecular weight is 490 g/mol. The Labute approximate surface area is 197 Å². The summed E-state index contributed by atoms with van der Waals surface area (Å²) < 4.78 is 45.6. The van der Waals surface area contributed by atoms with Crippen LogP contribution in [0.15, 0.2) is 6.07 Å². The molecule has 1 saturated carbocycles. The molecule has 3 fully saturated rings. The number of nitrogens with zero attached hydrogens (tertiary/aromatic N) is 3. The minimum atomic E-state index is -5.08. The number of carbonyl (C=O) groups is 2. The third-order valence-corrected chi connectivity index (χ3v) is 6.91. The number of likely N-dealkylation sites (tertiary alicyclic amines) is 1. The van der Waals surface area contributed by atoms with Crippen LogP contribution in [0, 0.1) is 18.8 Å². The second-order valence-electron chi connectivity index (χ2n) is 9.36. The number of aliphatic carboxylic acids is 1. The van der Waals surface area contributed by atoms with Gasteiger partial charge in [-0.2, -0.15) is 18.3 Å². The van der Waals surface area contributed by atoms with Crippen molar-refractivity contribution in [2.24, 2.45) is 11.8 Å². The van der Waals surface area contributed by atoms with Crippen LogP contribution in [-0.4, -0.2) is 76.4 Å². The average Bonchev–Trinajstić information content (AvgIpc) is 3.48. The van der Waals surface area contributed by atoms with Crippen LogP contribution in [0.25, 0.3) is 0 Å². The first-order chi connectivity index (χ1) is 16.1. The number of halogens is 3. The summed E-state index contributed by atoms with van der Waals surface area (Å²) in [6.07, 6.45) is 2.45. The number of ether oxygens (including phenoxy) is 2. The number of alkyl halides is 3. The molecule has 0 bridgehead atoms. The summed E-state index contributed by atoms with van der Waals surface area (Å²) >= 11 is 0. The second-order valence-corrected chi connectivity index (χ2v) is 9.36. The Morgan fingerprint density at radius 1 is 1.26 bits per heavy atom. The van der Waals surface area contributed by atoms with Gasteiger partial charge in [-0.3, -0.25) is 9.48 Å². The molecule has 11 heteroatoms. The van der Waals surface area contributed by atoms with Crippen LogP contribution in [0.2, 0.25) is 0 Å². The van der Waals surface area contributed by atoms with Gasteiger partial charge in [-0.15, -0.1) is 0 Å². The molecule has 192 valence electrons. The van der Waals surface area contributed by atoms with E-state index in [1.54, 1.807) is 4.68 Å². The lowest BCUT2D eigenvalue weighted by molar-refractivity contribution is -0.192. The van der Waals surface area contributed by atoms with Gasteiger partial charge in [-0.25, -0.2) is 4.79 Å². The summed E-state index contributed by atoms with van der Waals surface area (Å²) in [4.78, 5) is 23.7. The van der Waals surface area contributed by atoms with E-state index in [1.807, 2.05) is 24.8 Å². The maximum atomic E-state index is 12.9. The van der Waals surface area contributed by atoms with Crippen LogP contribution < -0.4 is 0 Å². The number of carbonyl (C=O) groups excluding carboxylic acids is 1. The van der Waals surface area contributed by atoms with Crippen LogP contribution in [0.1, 0.15) is 61.6 Å². The molecule has 3 heterocycles. The summed E-state index contributed by atoms with van der Waals surface area (Å²) in [5, 5.41) is 11.5. The predicted octanol–water partition coefficient (Wildman–Crippen LogP) is 3.67. The summed E-state index contributed by atoms with van der Waals surface area (Å²) in [6.45, 7) is 8.62. The molecular formula is C23H34F3N3O5. The lowest BCUT2D eigenvalue weighted by Gasteiger charge is -2.50. The molecular weight excluding hydrogens is 455 g/mol. The fraction of sp³-hybridized carbons (Fsp3) is 0.783. The minimum Gasteiger partial charge on any atom is -0.475 e. The maximum Gasteiger partial charge on any atom is 0.490 e. The van der Waals surface area contributed by atoms with Gasteiger partial charge in [0, 0.05) is 26.4 Å². The molecule has 0 aromatic carbocycles. The van der Waals surface area contributed by atoms with E-state index in [9.17, 15) is 18.0 Å². The molecule has 0 radical (unpaired) electrons. The van der Waals surface area contributed by atoms with E-state index in [1.165, 1.54) is 25.7 Å². The molecule has 1 aromatic rings. The van der Waals surface area contributed by atoms with Gasteiger partial charge in [0.2, 0.25) is 0 Å². The van der Waals surface area contributed by atoms with Gasteiger partial charge in [-0.05, 0) is 57.4 Å². The molecule has 34 heavy (non-hydrogen) atoms. The molecule has 1 aliphatic carbocycles. The predicted molar refractivity (Wildman–Crippen MR) is 116 cm³/mol. The van der Waals surface area contributed by atoms with E-state index >= 15 is 0 Å². The first-order valence-corrected chi connectivity index (χ1v) is 11.9. The topological polar surface area (TPSA) is 93.9 Å². The monoisotopic (exact) mass is 489 g/mol. The molecule has 1 atom stereocenters. The first-order valence-electron chi connectivity index (χ1n) is 11.9. The van der Waals surface area contributed by atoms with E-state index in [-0.39, 0.29) is 11.5 Å². The Balaban J connectivity index is 0.000000406. The lowest BCUT2D eigenvalue weighted by atomic mass is 9.79. The van der Waals surface area contributed by atoms with Crippen molar-refractivity contribution < 1.29 is 37.3 Å². The number of aromatic nitrogens is 2. The Kier molecular flexibility index (Phi) is 8.62. The van der Waals surface area contributed by atoms with E-state index in [2.05, 4.69) is 5.10 Å². The van der Waals surface area contributed by atoms with Gasteiger partial charge in [0.15, 0.2) is 0 Å². The van der Waals surface area contributed by atoms with Crippen molar-refractivity contribution in [3.8, 4) is 0 Å². The fourth-order valence-corrected chi connectivity index (χ4v) is 5.06. The molecule has 1 spiro atoms. The molecule has 1 N–H and O–H groups in total. The second kappa shape index (κ2) is 11.1. The highest BCUT2D eigenvalue weighted by Crippen LogP contribution is 2.42. The Morgan fingerprint density at radius 2 is 1.91 bits per heavy atom. The highest BCUT2D eigenvalue weighted by molar-refractivity contribution is 5.93. The Morgan fingerprint density at radius 3 is 2.50 bits per heavy atom. The van der Waals surface area contributed by atoms with Crippen molar-refractivity contribution in [1.82, 2.24) is 14.7 Å². The quantitative estimate of drug-likeness (QED) is 0.588. The maximum absolute atomic E-state index is 12.9. The van der Waals surface area contributed by atoms with E-state index in [0.717, 1.165) is 44.3 Å². The van der Waals surface area contributed by atoms with Crippen LogP contribution in [0.4, 0.5) is 13.2 Å². The first kappa shape index (κ1) is 26.5. The SMILES string of the molecule is CCn1nc(C)cc1C(=O)N1CC2(C1)OCCC2CCOCC1CCCC1.O=C(O)C(F)(F)F. The summed E-state index contributed by atoms with van der Waals surface area (Å²) in [6, 6.07) is 1.89. The standard InChI is InChI=1S/C21H33N3O3.C2HF3O2/c1-3-24-19(12-16(2)22-24)20(25)23-14-21(15-23)18(9-11-27-21)8-10-26-13-17-6-4-5-7-17;3-2(4,5)1(6)7/h12,17-18H,3-11,13-15H2,1-2H3;(H,6,7). The van der Waals surface area contributed by atoms with Gasteiger partial charge < -0.3 is 19.5 Å². The Hall–Kier alpha value is -2.14. The molecule has 8 nitrogen and oxygen atoms in total. The van der Waals surface area contributed by atoms with Gasteiger partial charge in [0.1, 0.15) is 11.3 Å². The van der Waals surface area contributed by atoms with Crippen molar-refractivity contribution in [1.29, 1.82) is 0 Å². The number of aryl methyl sites for hydroxylation is 2. The highest BCUT2D eigenvalue weighted by Gasteiger charge is 2.54. The largest absolute Gasteiger partial charge is 0.490 e. The van der Waals surface area contributed by atoms with Crippen molar-refractivity contribution in [3.05, 3.63) is 17.5 Å². The summed E-state index contributed by atoms with van der Waals surface area (Å²) in [5.41, 5.74) is 1.45. The zero-order valence-corrected chi connectivity index (χ0v) is 19.8. The van der Waals surface area contributed by atoms with Crippen LogP contribution >= 0.6 is 0 Å². The smallest absolute Gasteiger partial charge is 0.475 e. The van der Waals surface area contributed by atoms with Crippen molar-refractivity contribution in [3.63, 3.8) is 0 Å². The lowest BCUT2D eigenvalue weighted by Crippen LogP contribution is -2.66. The molecule has 2 aliphatic heterocycles. The Bertz CT molecular complexity index is 845. The number of amides is 1. The third kappa shape index (κ3) is 6.29. The summed E-state index contributed by atoms with van der Waals surface area (Å²) in [7, 11) is 0. The molecule has 2 saturated heterocycles. The van der Waals surface area contributed by atoms with Gasteiger partial charge in [-0.1, -0.05) is 12.8 Å². The van der Waals surface area contributed by atoms with Crippen molar-refractivity contribution in [2.45, 2.75) is 70.7 Å². The zero-order chi connectivity index (χ0) is 24.9. The van der Waals surface area contributed by atoms with E-state index in [4.69, 9.17) is 19.4 Å². The summed E-state index contributed by atoms with van der Waals surface area (Å²) in [5.74, 6) is -1.40. The molecule has 1 unspecified atom stereocenters. The van der Waals surface area contributed by atoms with Gasteiger partial charge in [0.25, 0.3) is 5.91 Å². The number of carboxylic acid groups (broad SMARTS) is 1. The van der Waals surface area contributed by atoms with Gasteiger partial charge in [0.05, 0.1) is 18.8 Å². The van der Waals surface area contributed by atoms with Gasteiger partial charge >= 0.3 is 12.1 Å². The number of hydrogen-bond acceptors (Lipinski definition) is 5. The molecule has 3 aliphatic rings. The number of hydrogen-bond donors (Lipinski definition) is 1. The highest BCUT2D eigenvalue weighted by atomic mass is 19.4. The minimum absolute atomic E-state index is 0.0785. The molecule has 1 aromatic heterocycles. The van der Waals surface area contributed by atoms with Crippen molar-refractivity contribution in [2.75, 3.05) is 32.9 Å². The van der Waals surface area contributed by atoms with E-state index < -0.39 is 12.1 Å². The zero-order valence-electron chi connectivity index (χ0n) is 19.8. The third-order valence-electron chi connectivity index (χ3n) is 6.91. The van der Waals surface area contributed by atoms with Crippen LogP contribution in [-0.2, 0) is 20.8 Å². The normalized spacial score (nSPS) is 21.9. The van der Waals surface area contributed by atoms with E-state index in [0.29, 0.717) is 31.2 Å². The fourth-order valence-electron chi connectivity index (χ4n) is 5.06. The van der Waals surface area contributed by atoms with Crippen molar-refractivity contribution >= 4 is 11.9 Å². The number of carboxylic acids is 1. The molecule has 1 amide bonds. The molecule has 4 rings (SSSR count).